The van der Waals surface area contributed by atoms with Crippen LogP contribution in [0.5, 0.6) is 0 Å². The largest absolute Gasteiger partial charge is 0.295 e. The van der Waals surface area contributed by atoms with Crippen LogP contribution in [0.25, 0.3) is 0 Å². The first-order valence-electron chi connectivity index (χ1n) is 6.97. The second-order valence-electron chi connectivity index (χ2n) is 6.01. The van der Waals surface area contributed by atoms with Crippen LogP contribution in [0.1, 0.15) is 19.3 Å². The highest BCUT2D eigenvalue weighted by Gasteiger charge is 2.61. The summed E-state index contributed by atoms with van der Waals surface area (Å²) in [5.41, 5.74) is 0. The van der Waals surface area contributed by atoms with E-state index in [0.717, 1.165) is 11.3 Å². The van der Waals surface area contributed by atoms with Crippen LogP contribution in [0.2, 0.25) is 0 Å². The van der Waals surface area contributed by atoms with Gasteiger partial charge in [0.25, 0.3) is 0 Å². The van der Waals surface area contributed by atoms with E-state index >= 15 is 0 Å². The zero-order valence-electron chi connectivity index (χ0n) is 10.7. The van der Waals surface area contributed by atoms with E-state index in [9.17, 15) is 19.2 Å². The number of imide groups is 2. The van der Waals surface area contributed by atoms with Gasteiger partial charge in [-0.25, -0.2) is 0 Å². The summed E-state index contributed by atoms with van der Waals surface area (Å²) in [7, 11) is 0. The first kappa shape index (κ1) is 11.8. The molecule has 2 saturated heterocycles. The number of likely N-dealkylation sites (tertiary alicyclic amines) is 1. The van der Waals surface area contributed by atoms with Crippen molar-refractivity contribution in [1.29, 1.82) is 0 Å². The molecule has 0 aromatic carbocycles. The number of piperidine rings is 1. The fourth-order valence-electron chi connectivity index (χ4n) is 4.16. The molecule has 0 aromatic heterocycles. The molecule has 1 unspecified atom stereocenters. The monoisotopic (exact) mass is 274 g/mol. The zero-order valence-corrected chi connectivity index (χ0v) is 10.7. The van der Waals surface area contributed by atoms with Crippen molar-refractivity contribution in [3.8, 4) is 0 Å². The van der Waals surface area contributed by atoms with E-state index in [0.29, 0.717) is 0 Å². The fourth-order valence-corrected chi connectivity index (χ4v) is 4.16. The van der Waals surface area contributed by atoms with Crippen molar-refractivity contribution in [2.24, 2.45) is 23.7 Å². The van der Waals surface area contributed by atoms with Gasteiger partial charge < -0.3 is 0 Å². The van der Waals surface area contributed by atoms with Crippen molar-refractivity contribution >= 4 is 23.6 Å². The summed E-state index contributed by atoms with van der Waals surface area (Å²) in [4.78, 5) is 49.2. The Balaban J connectivity index is 1.65. The molecule has 6 nitrogen and oxygen atoms in total. The smallest absolute Gasteiger partial charge is 0.249 e. The summed E-state index contributed by atoms with van der Waals surface area (Å²) in [6.07, 6.45) is 5.32. The van der Waals surface area contributed by atoms with Gasteiger partial charge in [0.2, 0.25) is 23.6 Å². The third-order valence-electron chi connectivity index (χ3n) is 5.03. The van der Waals surface area contributed by atoms with Gasteiger partial charge in [-0.1, -0.05) is 12.2 Å². The van der Waals surface area contributed by atoms with Crippen molar-refractivity contribution in [1.82, 2.24) is 10.2 Å². The van der Waals surface area contributed by atoms with Gasteiger partial charge in [0.05, 0.1) is 11.8 Å². The number of nitrogens with zero attached hydrogens (tertiary/aromatic N) is 1. The van der Waals surface area contributed by atoms with Crippen LogP contribution in [0.4, 0.5) is 0 Å². The number of amides is 4. The van der Waals surface area contributed by atoms with Crippen molar-refractivity contribution in [3.05, 3.63) is 12.2 Å². The van der Waals surface area contributed by atoms with Gasteiger partial charge in [-0.2, -0.15) is 0 Å². The molecule has 1 saturated carbocycles. The lowest BCUT2D eigenvalue weighted by Gasteiger charge is -2.29. The maximum absolute atomic E-state index is 12.5. The van der Waals surface area contributed by atoms with E-state index < -0.39 is 11.9 Å². The van der Waals surface area contributed by atoms with E-state index in [1.54, 1.807) is 0 Å². The number of carbonyl (C=O) groups excluding carboxylic acids is 4. The lowest BCUT2D eigenvalue weighted by atomic mass is 9.85. The summed E-state index contributed by atoms with van der Waals surface area (Å²) in [6, 6.07) is -0.808. The molecular formula is C14H14N2O4. The molecule has 2 bridgehead atoms. The molecule has 2 aliphatic carbocycles. The van der Waals surface area contributed by atoms with Crippen LogP contribution in [0.3, 0.4) is 0 Å². The normalized spacial score (nSPS) is 42.4. The summed E-state index contributed by atoms with van der Waals surface area (Å²) in [5, 5.41) is 2.21. The number of allylic oxidation sites excluding steroid dienone is 2. The number of fused-ring (bicyclic) bond motifs is 5. The molecule has 0 spiro atoms. The van der Waals surface area contributed by atoms with Crippen molar-refractivity contribution < 1.29 is 19.2 Å². The Kier molecular flexibility index (Phi) is 2.23. The Morgan fingerprint density at radius 2 is 1.60 bits per heavy atom. The van der Waals surface area contributed by atoms with Gasteiger partial charge in [-0.05, 0) is 24.7 Å². The molecule has 4 amide bonds. The Hall–Kier alpha value is -1.98. The predicted molar refractivity (Wildman–Crippen MR) is 65.7 cm³/mol. The minimum absolute atomic E-state index is 0.139. The molecule has 104 valence electrons. The van der Waals surface area contributed by atoms with Crippen LogP contribution in [-0.4, -0.2) is 34.6 Å². The minimum Gasteiger partial charge on any atom is -0.295 e. The standard InChI is InChI=1S/C14H14N2O4/c17-9-4-3-8(12(18)15-9)16-13(19)10-6-1-2-7(5-6)11(10)14(16)20/h1-2,6-8,10-11H,3-5H2,(H,15,17,18)/t6-,7+,8?,10+,11-. The number of nitrogens with one attached hydrogen (secondary N) is 1. The van der Waals surface area contributed by atoms with Gasteiger partial charge in [-0.3, -0.25) is 29.4 Å². The molecule has 3 fully saturated rings. The van der Waals surface area contributed by atoms with Crippen LogP contribution in [-0.2, 0) is 19.2 Å². The highest BCUT2D eigenvalue weighted by molar-refractivity contribution is 6.11. The maximum Gasteiger partial charge on any atom is 0.249 e. The van der Waals surface area contributed by atoms with Crippen LogP contribution in [0, 0.1) is 23.7 Å². The molecule has 0 radical (unpaired) electrons. The number of rotatable bonds is 1. The van der Waals surface area contributed by atoms with E-state index in [-0.39, 0.29) is 54.2 Å². The van der Waals surface area contributed by atoms with Gasteiger partial charge >= 0.3 is 0 Å². The molecule has 2 aliphatic heterocycles. The molecule has 2 heterocycles. The fraction of sp³-hybridized carbons (Fsp3) is 0.571. The molecule has 4 rings (SSSR count). The highest BCUT2D eigenvalue weighted by Crippen LogP contribution is 2.53. The quantitative estimate of drug-likeness (QED) is 0.521. The molecule has 4 aliphatic rings. The Bertz CT molecular complexity index is 552. The average molecular weight is 274 g/mol. The molecular weight excluding hydrogens is 260 g/mol. The first-order valence-corrected chi connectivity index (χ1v) is 6.97. The Labute approximate surface area is 115 Å². The molecule has 20 heavy (non-hydrogen) atoms. The molecule has 0 aromatic rings. The molecule has 5 atom stereocenters. The minimum atomic E-state index is -0.808. The topological polar surface area (TPSA) is 83.6 Å². The van der Waals surface area contributed by atoms with Gasteiger partial charge in [0.1, 0.15) is 6.04 Å². The second kappa shape index (κ2) is 3.77. The second-order valence-corrected chi connectivity index (χ2v) is 6.01. The number of carbonyl (C=O) groups is 4. The van der Waals surface area contributed by atoms with Crippen LogP contribution < -0.4 is 5.32 Å². The lowest BCUT2D eigenvalue weighted by Crippen LogP contribution is -2.54. The van der Waals surface area contributed by atoms with E-state index in [1.165, 1.54) is 0 Å². The third kappa shape index (κ3) is 1.34. The summed E-state index contributed by atoms with van der Waals surface area (Å²) >= 11 is 0. The van der Waals surface area contributed by atoms with Gasteiger partial charge in [-0.15, -0.1) is 0 Å². The summed E-state index contributed by atoms with van der Waals surface area (Å²) < 4.78 is 0. The zero-order chi connectivity index (χ0) is 14.0. The van der Waals surface area contributed by atoms with Crippen LogP contribution >= 0.6 is 0 Å². The van der Waals surface area contributed by atoms with Crippen LogP contribution in [0.15, 0.2) is 12.2 Å². The average Bonchev–Trinajstić information content (AvgIpc) is 3.06. The van der Waals surface area contributed by atoms with Crippen molar-refractivity contribution in [3.63, 3.8) is 0 Å². The maximum atomic E-state index is 12.5. The lowest BCUT2D eigenvalue weighted by molar-refractivity contribution is -0.152. The van der Waals surface area contributed by atoms with E-state index in [2.05, 4.69) is 5.32 Å². The summed E-state index contributed by atoms with van der Waals surface area (Å²) in [5.74, 6) is -1.63. The number of hydrogen-bond donors (Lipinski definition) is 1. The summed E-state index contributed by atoms with van der Waals surface area (Å²) in [6.45, 7) is 0. The first-order chi connectivity index (χ1) is 9.58. The number of hydrogen-bond acceptors (Lipinski definition) is 4. The van der Waals surface area contributed by atoms with E-state index in [4.69, 9.17) is 0 Å². The molecule has 6 heteroatoms. The predicted octanol–water partition coefficient (Wildman–Crippen LogP) is -0.401. The van der Waals surface area contributed by atoms with Crippen molar-refractivity contribution in [2.75, 3.05) is 0 Å². The Morgan fingerprint density at radius 3 is 2.15 bits per heavy atom. The van der Waals surface area contributed by atoms with Crippen molar-refractivity contribution in [2.45, 2.75) is 25.3 Å². The van der Waals surface area contributed by atoms with Gasteiger partial charge in [0.15, 0.2) is 0 Å². The highest BCUT2D eigenvalue weighted by atomic mass is 16.2. The SMILES string of the molecule is O=C1CCC(N2C(=O)[C@@H]3[C@H](C2=O)[C@H]2C=C[C@@H]3C2)C(=O)N1. The Morgan fingerprint density at radius 1 is 1.00 bits per heavy atom. The third-order valence-corrected chi connectivity index (χ3v) is 5.03. The van der Waals surface area contributed by atoms with E-state index in [1.807, 2.05) is 12.2 Å². The molecule has 1 N–H and O–H groups in total. The van der Waals surface area contributed by atoms with Gasteiger partial charge in [0, 0.05) is 6.42 Å².